The number of carbonyl (C=O) groups is 2. The van der Waals surface area contributed by atoms with E-state index >= 15 is 0 Å². The maximum absolute atomic E-state index is 14.0. The zero-order chi connectivity index (χ0) is 26.2. The molecule has 1 aliphatic heterocycles. The first kappa shape index (κ1) is 24.1. The average Bonchev–Trinajstić information content (AvgIpc) is 3.65. The molecule has 0 fully saturated rings. The molecule has 10 heteroatoms. The van der Waals surface area contributed by atoms with Gasteiger partial charge in [-0.3, -0.25) is 14.5 Å². The van der Waals surface area contributed by atoms with Gasteiger partial charge in [0.05, 0.1) is 11.6 Å². The molecule has 1 amide bonds. The Morgan fingerprint density at radius 1 is 1.03 bits per heavy atom. The van der Waals surface area contributed by atoms with Crippen molar-refractivity contribution in [3.63, 3.8) is 0 Å². The molecule has 0 radical (unpaired) electrons. The number of para-hydroxylation sites is 1. The number of aliphatic hydroxyl groups excluding tert-OH is 1. The van der Waals surface area contributed by atoms with Crippen molar-refractivity contribution in [2.24, 2.45) is 0 Å². The van der Waals surface area contributed by atoms with E-state index in [0.29, 0.717) is 26.8 Å². The number of furan rings is 1. The minimum Gasteiger partial charge on any atom is -0.503 e. The van der Waals surface area contributed by atoms with Gasteiger partial charge < -0.3 is 9.52 Å². The zero-order valence-electron chi connectivity index (χ0n) is 19.6. The summed E-state index contributed by atoms with van der Waals surface area (Å²) in [6.45, 7) is 0. The summed E-state index contributed by atoms with van der Waals surface area (Å²) in [7, 11) is 0. The van der Waals surface area contributed by atoms with Crippen LogP contribution < -0.4 is 4.90 Å². The largest absolute Gasteiger partial charge is 0.503 e. The summed E-state index contributed by atoms with van der Waals surface area (Å²) in [5, 5.41) is 20.2. The lowest BCUT2D eigenvalue weighted by Crippen LogP contribution is -2.31. The number of benzene rings is 3. The molecule has 0 saturated heterocycles. The molecule has 0 aliphatic carbocycles. The second-order valence-corrected chi connectivity index (χ2v) is 10.6. The number of thioether (sulfide) groups is 1. The van der Waals surface area contributed by atoms with Crippen molar-refractivity contribution in [1.29, 1.82) is 0 Å². The first-order valence-electron chi connectivity index (χ1n) is 11.6. The summed E-state index contributed by atoms with van der Waals surface area (Å²) in [5.74, 6) is -1.99. The van der Waals surface area contributed by atoms with Crippen molar-refractivity contribution in [1.82, 2.24) is 10.2 Å². The monoisotopic (exact) mass is 543 g/mol. The Morgan fingerprint density at radius 2 is 1.76 bits per heavy atom. The predicted octanol–water partition coefficient (Wildman–Crippen LogP) is 6.50. The van der Waals surface area contributed by atoms with Crippen molar-refractivity contribution in [3.05, 3.63) is 119 Å². The summed E-state index contributed by atoms with van der Waals surface area (Å²) < 4.78 is 20.3. The quantitative estimate of drug-likeness (QED) is 0.142. The van der Waals surface area contributed by atoms with Crippen LogP contribution in [0.25, 0.3) is 11.0 Å². The predicted molar refractivity (Wildman–Crippen MR) is 143 cm³/mol. The Balaban J connectivity index is 1.35. The molecule has 5 aromatic rings. The molecule has 38 heavy (non-hydrogen) atoms. The minimum absolute atomic E-state index is 0.0155. The van der Waals surface area contributed by atoms with Gasteiger partial charge in [-0.25, -0.2) is 4.39 Å². The van der Waals surface area contributed by atoms with E-state index in [1.165, 1.54) is 22.7 Å². The number of aliphatic hydroxyl groups is 1. The third-order valence-electron chi connectivity index (χ3n) is 6.13. The Morgan fingerprint density at radius 3 is 2.55 bits per heavy atom. The normalized spacial score (nSPS) is 15.6. The van der Waals surface area contributed by atoms with E-state index in [0.717, 1.165) is 16.7 Å². The first-order valence-corrected chi connectivity index (χ1v) is 13.4. The van der Waals surface area contributed by atoms with Gasteiger partial charge in [0.25, 0.3) is 5.91 Å². The van der Waals surface area contributed by atoms with E-state index in [4.69, 9.17) is 4.42 Å². The summed E-state index contributed by atoms with van der Waals surface area (Å²) in [4.78, 5) is 28.3. The molecule has 7 nitrogen and oxygen atoms in total. The smallest absolute Gasteiger partial charge is 0.296 e. The van der Waals surface area contributed by atoms with Gasteiger partial charge >= 0.3 is 0 Å². The average molecular weight is 544 g/mol. The molecule has 0 spiro atoms. The zero-order valence-corrected chi connectivity index (χ0v) is 21.2. The molecular formula is C28H18FN3O4S2. The number of nitrogens with zero attached hydrogens (tertiary/aromatic N) is 3. The van der Waals surface area contributed by atoms with Gasteiger partial charge in [-0.05, 0) is 29.3 Å². The van der Waals surface area contributed by atoms with E-state index in [2.05, 4.69) is 10.2 Å². The van der Waals surface area contributed by atoms with Crippen LogP contribution in [0.1, 0.15) is 27.7 Å². The lowest BCUT2D eigenvalue weighted by Gasteiger charge is -2.23. The van der Waals surface area contributed by atoms with Crippen LogP contribution in [0.4, 0.5) is 9.52 Å². The lowest BCUT2D eigenvalue weighted by molar-refractivity contribution is -0.117. The summed E-state index contributed by atoms with van der Waals surface area (Å²) >= 11 is 2.41. The molecule has 1 N–H and O–H groups in total. The number of aromatic nitrogens is 2. The number of fused-ring (bicyclic) bond motifs is 1. The van der Waals surface area contributed by atoms with Crippen LogP contribution in [0.5, 0.6) is 0 Å². The third-order valence-corrected chi connectivity index (χ3v) is 8.23. The fourth-order valence-corrected chi connectivity index (χ4v) is 6.18. The Labute approximate surface area is 224 Å². The van der Waals surface area contributed by atoms with Crippen LogP contribution in [0, 0.1) is 5.82 Å². The fourth-order valence-electron chi connectivity index (χ4n) is 4.32. The van der Waals surface area contributed by atoms with E-state index < -0.39 is 23.5 Å². The number of rotatable bonds is 7. The van der Waals surface area contributed by atoms with Crippen molar-refractivity contribution in [2.75, 3.05) is 4.90 Å². The highest BCUT2D eigenvalue weighted by Gasteiger charge is 2.46. The van der Waals surface area contributed by atoms with E-state index in [9.17, 15) is 19.1 Å². The van der Waals surface area contributed by atoms with E-state index in [1.807, 2.05) is 18.2 Å². The first-order chi connectivity index (χ1) is 18.5. The highest BCUT2D eigenvalue weighted by atomic mass is 32.2. The molecule has 1 unspecified atom stereocenters. The Hall–Kier alpha value is -4.28. The second kappa shape index (κ2) is 9.88. The number of Topliss-reactive ketones (excluding diaryl/α,β-unsaturated/α-hetero) is 1. The van der Waals surface area contributed by atoms with Crippen LogP contribution in [0.3, 0.4) is 0 Å². The Bertz CT molecular complexity index is 1680. The number of amides is 1. The topological polar surface area (TPSA) is 96.5 Å². The number of halogens is 1. The van der Waals surface area contributed by atoms with Gasteiger partial charge in [0, 0.05) is 11.1 Å². The second-order valence-electron chi connectivity index (χ2n) is 8.46. The van der Waals surface area contributed by atoms with Gasteiger partial charge in [0.15, 0.2) is 15.9 Å². The molecular weight excluding hydrogens is 525 g/mol. The van der Waals surface area contributed by atoms with E-state index in [1.54, 1.807) is 60.7 Å². The number of anilines is 1. The van der Waals surface area contributed by atoms with Crippen molar-refractivity contribution < 1.29 is 23.5 Å². The standard InChI is InChI=1S/C28H18FN3O4S2/c29-19-12-6-4-11-18(19)15-37-28-31-30-27(38-28)32-23(16-8-2-1-3-9-16)22(25(34)26(32)35)24(33)21-14-17-10-5-7-13-20(17)36-21/h1-14,23,34H,15H2. The third kappa shape index (κ3) is 4.27. The number of carbonyl (C=O) groups excluding carboxylic acids is 2. The van der Waals surface area contributed by atoms with E-state index in [-0.39, 0.29) is 22.3 Å². The summed E-state index contributed by atoms with van der Waals surface area (Å²) in [6, 6.07) is 23.2. The maximum atomic E-state index is 14.0. The van der Waals surface area contributed by atoms with Gasteiger partial charge in [-0.1, -0.05) is 89.8 Å². The van der Waals surface area contributed by atoms with Crippen molar-refractivity contribution in [3.8, 4) is 0 Å². The molecule has 1 aliphatic rings. The van der Waals surface area contributed by atoms with Gasteiger partial charge in [0.2, 0.25) is 10.9 Å². The maximum Gasteiger partial charge on any atom is 0.296 e. The van der Waals surface area contributed by atoms with Crippen LogP contribution in [-0.2, 0) is 10.5 Å². The minimum atomic E-state index is -0.943. The van der Waals surface area contributed by atoms with Gasteiger partial charge in [-0.2, -0.15) is 0 Å². The molecule has 0 saturated carbocycles. The molecule has 3 aromatic carbocycles. The molecule has 0 bridgehead atoms. The van der Waals surface area contributed by atoms with Crippen LogP contribution in [0.2, 0.25) is 0 Å². The Kier molecular flexibility index (Phi) is 6.26. The van der Waals surface area contributed by atoms with Crippen LogP contribution in [-0.4, -0.2) is 27.0 Å². The lowest BCUT2D eigenvalue weighted by atomic mass is 9.95. The van der Waals surface area contributed by atoms with Gasteiger partial charge in [-0.15, -0.1) is 10.2 Å². The summed E-state index contributed by atoms with van der Waals surface area (Å²) in [6.07, 6.45) is 0. The molecule has 2 aromatic heterocycles. The van der Waals surface area contributed by atoms with Crippen LogP contribution in [0.15, 0.2) is 105 Å². The number of ketones is 1. The number of hydrogen-bond donors (Lipinski definition) is 1. The van der Waals surface area contributed by atoms with Gasteiger partial charge in [0.1, 0.15) is 11.4 Å². The summed E-state index contributed by atoms with van der Waals surface area (Å²) in [5.41, 5.74) is 1.55. The molecule has 6 rings (SSSR count). The van der Waals surface area contributed by atoms with Crippen LogP contribution >= 0.6 is 23.1 Å². The molecule has 1 atom stereocenters. The van der Waals surface area contributed by atoms with Crippen molar-refractivity contribution >= 4 is 50.9 Å². The fraction of sp³-hybridized carbons (Fsp3) is 0.0714. The molecule has 188 valence electrons. The SMILES string of the molecule is O=C(C1=C(O)C(=O)N(c2nnc(SCc3ccccc3F)s2)C1c1ccccc1)c1cc2ccccc2o1. The number of hydrogen-bond acceptors (Lipinski definition) is 8. The van der Waals surface area contributed by atoms with Crippen molar-refractivity contribution in [2.45, 2.75) is 16.1 Å². The highest BCUT2D eigenvalue weighted by Crippen LogP contribution is 2.44. The highest BCUT2D eigenvalue weighted by molar-refractivity contribution is 8.00. The molecule has 3 heterocycles.